The van der Waals surface area contributed by atoms with Crippen LogP contribution in [0.5, 0.6) is 23.0 Å². The first kappa shape index (κ1) is 20.8. The van der Waals surface area contributed by atoms with Gasteiger partial charge in [-0.25, -0.2) is 12.8 Å². The van der Waals surface area contributed by atoms with Gasteiger partial charge in [-0.2, -0.15) is 0 Å². The predicted molar refractivity (Wildman–Crippen MR) is 108 cm³/mol. The molecule has 0 atom stereocenters. The molecule has 0 radical (unpaired) electrons. The summed E-state index contributed by atoms with van der Waals surface area (Å²) in [5.41, 5.74) is 0.0940. The molecule has 0 aliphatic rings. The lowest BCUT2D eigenvalue weighted by atomic mass is 10.3. The van der Waals surface area contributed by atoms with Crippen molar-refractivity contribution in [3.63, 3.8) is 0 Å². The summed E-state index contributed by atoms with van der Waals surface area (Å²) < 4.78 is 57.5. The summed E-state index contributed by atoms with van der Waals surface area (Å²) in [6.45, 7) is 0. The molecular weight excluding hydrogens is 421 g/mol. The van der Waals surface area contributed by atoms with Gasteiger partial charge in [0, 0.05) is 11.1 Å². The normalized spacial score (nSPS) is 11.0. The molecule has 0 bridgehead atoms. The molecule has 3 aromatic carbocycles. The van der Waals surface area contributed by atoms with Gasteiger partial charge >= 0.3 is 0 Å². The largest absolute Gasteiger partial charge is 0.497 e. The van der Waals surface area contributed by atoms with Gasteiger partial charge in [0.15, 0.2) is 17.3 Å². The Kier molecular flexibility index (Phi) is 6.14. The summed E-state index contributed by atoms with van der Waals surface area (Å²) in [5, 5.41) is 0.293. The fourth-order valence-corrected chi connectivity index (χ4v) is 3.73. The summed E-state index contributed by atoms with van der Waals surface area (Å²) in [4.78, 5) is -0.275. The lowest BCUT2D eigenvalue weighted by molar-refractivity contribution is 0.385. The van der Waals surface area contributed by atoms with Crippen LogP contribution in [-0.4, -0.2) is 22.6 Å². The SMILES string of the molecule is COc1cccc(Oc2ccc(Cl)cc2NS(=O)(=O)c2ccc(OC)c(F)c2)c1. The van der Waals surface area contributed by atoms with Crippen LogP contribution in [-0.2, 0) is 10.0 Å². The first-order chi connectivity index (χ1) is 13.8. The fourth-order valence-electron chi connectivity index (χ4n) is 2.48. The van der Waals surface area contributed by atoms with Crippen LogP contribution in [0, 0.1) is 5.82 Å². The molecule has 0 saturated heterocycles. The van der Waals surface area contributed by atoms with Gasteiger partial charge in [0.2, 0.25) is 0 Å². The Labute approximate surface area is 172 Å². The van der Waals surface area contributed by atoms with Gasteiger partial charge in [-0.05, 0) is 48.5 Å². The zero-order valence-electron chi connectivity index (χ0n) is 15.5. The Balaban J connectivity index is 1.94. The van der Waals surface area contributed by atoms with Crippen LogP contribution in [0.4, 0.5) is 10.1 Å². The highest BCUT2D eigenvalue weighted by molar-refractivity contribution is 7.92. The molecule has 3 rings (SSSR count). The second kappa shape index (κ2) is 8.59. The maximum Gasteiger partial charge on any atom is 0.262 e. The van der Waals surface area contributed by atoms with E-state index in [9.17, 15) is 12.8 Å². The molecule has 0 aromatic heterocycles. The fraction of sp³-hybridized carbons (Fsp3) is 0.100. The lowest BCUT2D eigenvalue weighted by Gasteiger charge is -2.15. The standard InChI is InChI=1S/C20H17ClFNO5S/c1-26-14-4-3-5-15(11-14)28-20-8-6-13(21)10-18(20)23-29(24,25)16-7-9-19(27-2)17(22)12-16/h3-12,23H,1-2H3. The van der Waals surface area contributed by atoms with Crippen molar-refractivity contribution < 1.29 is 27.0 Å². The highest BCUT2D eigenvalue weighted by Crippen LogP contribution is 2.35. The molecule has 29 heavy (non-hydrogen) atoms. The molecule has 0 aliphatic carbocycles. The van der Waals surface area contributed by atoms with Gasteiger partial charge in [0.25, 0.3) is 10.0 Å². The molecule has 0 heterocycles. The van der Waals surface area contributed by atoms with Crippen molar-refractivity contribution in [1.29, 1.82) is 0 Å². The summed E-state index contributed by atoms with van der Waals surface area (Å²) >= 11 is 6.02. The molecule has 0 amide bonds. The molecule has 0 spiro atoms. The smallest absolute Gasteiger partial charge is 0.262 e. The molecule has 0 fully saturated rings. The molecule has 0 saturated carbocycles. The van der Waals surface area contributed by atoms with Crippen LogP contribution in [0.25, 0.3) is 0 Å². The van der Waals surface area contributed by atoms with E-state index in [1.54, 1.807) is 30.3 Å². The van der Waals surface area contributed by atoms with E-state index in [-0.39, 0.29) is 22.1 Å². The average molecular weight is 438 g/mol. The first-order valence-corrected chi connectivity index (χ1v) is 10.2. The highest BCUT2D eigenvalue weighted by Gasteiger charge is 2.19. The van der Waals surface area contributed by atoms with Crippen LogP contribution in [0.1, 0.15) is 0 Å². The van der Waals surface area contributed by atoms with E-state index in [1.807, 2.05) is 0 Å². The molecule has 9 heteroatoms. The van der Waals surface area contributed by atoms with Crippen molar-refractivity contribution in [1.82, 2.24) is 0 Å². The molecule has 1 N–H and O–H groups in total. The number of rotatable bonds is 7. The maximum atomic E-state index is 13.9. The van der Waals surface area contributed by atoms with Gasteiger partial charge in [0.1, 0.15) is 11.5 Å². The van der Waals surface area contributed by atoms with Crippen molar-refractivity contribution in [2.24, 2.45) is 0 Å². The Bertz CT molecular complexity index is 1140. The third kappa shape index (κ3) is 4.90. The maximum absolute atomic E-state index is 13.9. The number of nitrogens with one attached hydrogen (secondary N) is 1. The van der Waals surface area contributed by atoms with Crippen molar-refractivity contribution in [2.75, 3.05) is 18.9 Å². The van der Waals surface area contributed by atoms with Crippen LogP contribution < -0.4 is 18.9 Å². The van der Waals surface area contributed by atoms with E-state index < -0.39 is 15.8 Å². The van der Waals surface area contributed by atoms with E-state index in [1.165, 1.54) is 38.5 Å². The molecular formula is C20H17ClFNO5S. The third-order valence-corrected chi connectivity index (χ3v) is 5.49. The number of ether oxygens (including phenoxy) is 3. The van der Waals surface area contributed by atoms with E-state index in [4.69, 9.17) is 25.8 Å². The molecule has 3 aromatic rings. The van der Waals surface area contributed by atoms with Gasteiger partial charge in [-0.1, -0.05) is 17.7 Å². The minimum atomic E-state index is -4.11. The zero-order valence-corrected chi connectivity index (χ0v) is 17.1. The van der Waals surface area contributed by atoms with E-state index in [0.29, 0.717) is 16.5 Å². The number of anilines is 1. The number of hydrogen-bond acceptors (Lipinski definition) is 5. The number of methoxy groups -OCH3 is 2. The van der Waals surface area contributed by atoms with Crippen LogP contribution in [0.2, 0.25) is 5.02 Å². The van der Waals surface area contributed by atoms with Crippen LogP contribution in [0.3, 0.4) is 0 Å². The topological polar surface area (TPSA) is 73.9 Å². The first-order valence-electron chi connectivity index (χ1n) is 8.30. The Morgan fingerprint density at radius 1 is 0.897 bits per heavy atom. The quantitative estimate of drug-likeness (QED) is 0.557. The number of sulfonamides is 1. The minimum Gasteiger partial charge on any atom is -0.497 e. The average Bonchev–Trinajstić information content (AvgIpc) is 2.70. The second-order valence-electron chi connectivity index (χ2n) is 5.82. The Hall–Kier alpha value is -2.97. The van der Waals surface area contributed by atoms with E-state index >= 15 is 0 Å². The molecule has 6 nitrogen and oxygen atoms in total. The lowest BCUT2D eigenvalue weighted by Crippen LogP contribution is -2.14. The molecule has 0 aliphatic heterocycles. The van der Waals surface area contributed by atoms with Crippen molar-refractivity contribution >= 4 is 27.3 Å². The van der Waals surface area contributed by atoms with Crippen LogP contribution in [0.15, 0.2) is 65.6 Å². The summed E-state index contributed by atoms with van der Waals surface area (Å²) in [7, 11) is -1.30. The minimum absolute atomic E-state index is 0.0613. The summed E-state index contributed by atoms with van der Waals surface area (Å²) in [6.07, 6.45) is 0. The second-order valence-corrected chi connectivity index (χ2v) is 7.94. The van der Waals surface area contributed by atoms with Gasteiger partial charge < -0.3 is 14.2 Å². The Morgan fingerprint density at radius 2 is 1.62 bits per heavy atom. The van der Waals surface area contributed by atoms with Gasteiger partial charge in [-0.3, -0.25) is 4.72 Å². The van der Waals surface area contributed by atoms with Crippen molar-refractivity contribution in [3.05, 3.63) is 71.5 Å². The molecule has 0 unspecified atom stereocenters. The number of benzene rings is 3. The van der Waals surface area contributed by atoms with Crippen molar-refractivity contribution in [3.8, 4) is 23.0 Å². The van der Waals surface area contributed by atoms with Gasteiger partial charge in [0.05, 0.1) is 24.8 Å². The molecule has 152 valence electrons. The number of halogens is 2. The predicted octanol–water partition coefficient (Wildman–Crippen LogP) is 5.09. The third-order valence-electron chi connectivity index (χ3n) is 3.89. The van der Waals surface area contributed by atoms with Crippen molar-refractivity contribution in [2.45, 2.75) is 4.90 Å². The monoisotopic (exact) mass is 437 g/mol. The zero-order chi connectivity index (χ0) is 21.0. The van der Waals surface area contributed by atoms with Gasteiger partial charge in [-0.15, -0.1) is 0 Å². The highest BCUT2D eigenvalue weighted by atomic mass is 35.5. The Morgan fingerprint density at radius 3 is 2.31 bits per heavy atom. The summed E-state index contributed by atoms with van der Waals surface area (Å²) in [5.74, 6) is 0.359. The van der Waals surface area contributed by atoms with E-state index in [0.717, 1.165) is 6.07 Å². The summed E-state index contributed by atoms with van der Waals surface area (Å²) in [6, 6.07) is 14.6. The van der Waals surface area contributed by atoms with E-state index in [2.05, 4.69) is 4.72 Å². The number of hydrogen-bond donors (Lipinski definition) is 1. The van der Waals surface area contributed by atoms with Crippen LogP contribution >= 0.6 is 11.6 Å².